The second-order valence-corrected chi connectivity index (χ2v) is 29.9. The molecule has 0 N–H and O–H groups in total. The number of hydrogen-bond donors (Lipinski definition) is 0. The second-order valence-electron chi connectivity index (χ2n) is 29.9. The summed E-state index contributed by atoms with van der Waals surface area (Å²) < 4.78 is 0. The van der Waals surface area contributed by atoms with Crippen molar-refractivity contribution < 1.29 is 0 Å². The lowest BCUT2D eigenvalue weighted by Gasteiger charge is -2.46. The predicted molar refractivity (Wildman–Crippen MR) is 461 cm³/mol. The molecule has 18 aromatic rings. The summed E-state index contributed by atoms with van der Waals surface area (Å²) in [7, 11) is 0. The third-order valence-corrected chi connectivity index (χ3v) is 22.5. The molecule has 0 bridgehead atoms. The van der Waals surface area contributed by atoms with Gasteiger partial charge in [0.05, 0.1) is 17.1 Å². The minimum Gasteiger partial charge on any atom is -0.310 e. The molecular formula is C104H74BN3. The van der Waals surface area contributed by atoms with Crippen LogP contribution in [0.25, 0.3) is 121 Å². The Bertz CT molecular complexity index is 6150. The van der Waals surface area contributed by atoms with Crippen LogP contribution < -0.4 is 31.1 Å². The summed E-state index contributed by atoms with van der Waals surface area (Å²) in [5.74, 6) is 0. The van der Waals surface area contributed by atoms with Crippen LogP contribution in [0.1, 0.15) is 26.3 Å². The summed E-state index contributed by atoms with van der Waals surface area (Å²) in [6.45, 7) is 6.67. The minimum atomic E-state index is -0.278. The van der Waals surface area contributed by atoms with Gasteiger partial charge in [0.25, 0.3) is 6.71 Å². The number of nitrogens with zero attached hydrogens (tertiary/aromatic N) is 3. The highest BCUT2D eigenvalue weighted by atomic mass is 15.2. The Balaban J connectivity index is 0.935. The van der Waals surface area contributed by atoms with Crippen LogP contribution in [-0.4, -0.2) is 6.71 Å². The van der Waals surface area contributed by atoms with E-state index in [-0.39, 0.29) is 12.1 Å². The largest absolute Gasteiger partial charge is 0.310 e. The van der Waals surface area contributed by atoms with E-state index in [0.29, 0.717) is 0 Å². The molecule has 0 atom stereocenters. The van der Waals surface area contributed by atoms with Gasteiger partial charge in [-0.2, -0.15) is 0 Å². The van der Waals surface area contributed by atoms with Crippen LogP contribution >= 0.6 is 0 Å². The van der Waals surface area contributed by atoms with Gasteiger partial charge >= 0.3 is 0 Å². The lowest BCUT2D eigenvalue weighted by Crippen LogP contribution is -2.61. The van der Waals surface area contributed by atoms with Crippen LogP contribution in [0.15, 0.2) is 394 Å². The third kappa shape index (κ3) is 11.1. The van der Waals surface area contributed by atoms with Crippen LogP contribution in [-0.2, 0) is 5.41 Å². The van der Waals surface area contributed by atoms with E-state index in [1.807, 2.05) is 0 Å². The zero-order valence-corrected chi connectivity index (χ0v) is 60.4. The highest BCUT2D eigenvalue weighted by molar-refractivity contribution is 7.00. The van der Waals surface area contributed by atoms with Crippen molar-refractivity contribution in [2.45, 2.75) is 26.2 Å². The highest BCUT2D eigenvalue weighted by Crippen LogP contribution is 2.56. The van der Waals surface area contributed by atoms with Gasteiger partial charge in [0.15, 0.2) is 0 Å². The average molecular weight is 1380 g/mol. The molecule has 0 fully saturated rings. The van der Waals surface area contributed by atoms with Crippen molar-refractivity contribution in [2.24, 2.45) is 0 Å². The summed E-state index contributed by atoms with van der Waals surface area (Å²) in [5, 5.41) is 7.66. The number of para-hydroxylation sites is 2. The fourth-order valence-corrected chi connectivity index (χ4v) is 17.3. The Morgan fingerprint density at radius 2 is 0.565 bits per heavy atom. The van der Waals surface area contributed by atoms with Crippen LogP contribution in [0.2, 0.25) is 0 Å². The molecule has 3 nitrogen and oxygen atoms in total. The van der Waals surface area contributed by atoms with Crippen LogP contribution in [0.4, 0.5) is 51.2 Å². The normalized spacial score (nSPS) is 12.3. The molecule has 0 radical (unpaired) electrons. The van der Waals surface area contributed by atoms with Gasteiger partial charge in [0.1, 0.15) is 0 Å². The quantitative estimate of drug-likeness (QED) is 0.0841. The van der Waals surface area contributed by atoms with Gasteiger partial charge in [-0.15, -0.1) is 0 Å². The van der Waals surface area contributed by atoms with E-state index in [0.717, 1.165) is 129 Å². The van der Waals surface area contributed by atoms with E-state index in [1.54, 1.807) is 0 Å². The Morgan fingerprint density at radius 3 is 0.963 bits per heavy atom. The fourth-order valence-electron chi connectivity index (χ4n) is 17.3. The average Bonchev–Trinajstić information content (AvgIpc) is 0.686. The van der Waals surface area contributed by atoms with E-state index >= 15 is 0 Å². The molecule has 0 saturated carbocycles. The number of hydrogen-bond acceptors (Lipinski definition) is 3. The smallest absolute Gasteiger partial charge is 0.252 e. The first-order valence-electron chi connectivity index (χ1n) is 37.6. The molecule has 2 heterocycles. The lowest BCUT2D eigenvalue weighted by atomic mass is 9.33. The van der Waals surface area contributed by atoms with Gasteiger partial charge in [-0.05, 0) is 187 Å². The van der Waals surface area contributed by atoms with E-state index in [2.05, 4.69) is 430 Å². The number of benzene rings is 18. The maximum Gasteiger partial charge on any atom is 0.252 e. The van der Waals surface area contributed by atoms with Crippen molar-refractivity contribution in [1.29, 1.82) is 0 Å². The molecule has 0 saturated heterocycles. The first-order valence-corrected chi connectivity index (χ1v) is 37.6. The van der Waals surface area contributed by atoms with E-state index in [1.165, 1.54) is 65.4 Å². The number of fused-ring (bicyclic) bond motifs is 4. The Kier molecular flexibility index (Phi) is 15.6. The second kappa shape index (κ2) is 26.3. The highest BCUT2D eigenvalue weighted by Gasteiger charge is 2.46. The van der Waals surface area contributed by atoms with Crippen molar-refractivity contribution in [3.63, 3.8) is 0 Å². The zero-order chi connectivity index (χ0) is 72.0. The van der Waals surface area contributed by atoms with Crippen LogP contribution in [0, 0.1) is 0 Å². The van der Waals surface area contributed by atoms with Gasteiger partial charge in [-0.3, -0.25) is 0 Å². The predicted octanol–water partition coefficient (Wildman–Crippen LogP) is 26.8. The van der Waals surface area contributed by atoms with Gasteiger partial charge in [-0.25, -0.2) is 0 Å². The number of rotatable bonds is 13. The van der Waals surface area contributed by atoms with E-state index in [9.17, 15) is 0 Å². The molecule has 108 heavy (non-hydrogen) atoms. The first-order chi connectivity index (χ1) is 53.2. The van der Waals surface area contributed by atoms with Gasteiger partial charge < -0.3 is 14.7 Å². The summed E-state index contributed by atoms with van der Waals surface area (Å²) in [6, 6.07) is 148. The van der Waals surface area contributed by atoms with E-state index in [4.69, 9.17) is 0 Å². The van der Waals surface area contributed by atoms with Gasteiger partial charge in [0.2, 0.25) is 0 Å². The number of anilines is 9. The molecule has 0 aromatic heterocycles. The molecule has 508 valence electrons. The molecule has 0 aliphatic carbocycles. The molecule has 4 heteroatoms. The molecule has 2 aliphatic rings. The van der Waals surface area contributed by atoms with Crippen molar-refractivity contribution in [3.05, 3.63) is 400 Å². The van der Waals surface area contributed by atoms with Gasteiger partial charge in [0, 0.05) is 56.4 Å². The zero-order valence-electron chi connectivity index (χ0n) is 60.4. The van der Waals surface area contributed by atoms with Crippen LogP contribution in [0.5, 0.6) is 0 Å². The first kappa shape index (κ1) is 64.1. The summed E-state index contributed by atoms with van der Waals surface area (Å²) in [5.41, 5.74) is 32.9. The van der Waals surface area contributed by atoms with Gasteiger partial charge in [-0.1, -0.05) is 354 Å². The van der Waals surface area contributed by atoms with Crippen molar-refractivity contribution in [3.8, 4) is 89.0 Å². The van der Waals surface area contributed by atoms with Crippen molar-refractivity contribution in [1.82, 2.24) is 0 Å². The third-order valence-electron chi connectivity index (χ3n) is 22.5. The Hall–Kier alpha value is -13.5. The Labute approximate surface area is 632 Å². The maximum atomic E-state index is 2.69. The molecule has 0 amide bonds. The maximum absolute atomic E-state index is 2.69. The molecule has 0 spiro atoms. The summed E-state index contributed by atoms with van der Waals surface area (Å²) >= 11 is 0. The standard InChI is InChI=1S/C104H74BN3/c1-104(2,3)85-63-82-47-45-80-61-84(62-81-46-48-83(64-85)100(82)99(80)81)79-53-59-93-96(66-79)108(103-91(76-37-21-9-22-38-76)43-26-44-92(103)77-39-23-10-24-40-77)98-68-88(106(86-55-49-72(50-56-86)69-27-11-4-12-28-69)87-57-51-73(52-58-87)70-29-13-5-14-30-70)67-97-101(98)105(93)94-65-78(71-31-15-6-16-32-71)54-60-95(94)107(97)102-89(74-33-17-7-18-34-74)41-25-42-90(102)75-35-19-8-20-36-75/h4-68H,1-3H3. The summed E-state index contributed by atoms with van der Waals surface area (Å²) in [4.78, 5) is 7.86. The van der Waals surface area contributed by atoms with Crippen LogP contribution in [0.3, 0.4) is 0 Å². The molecule has 2 aliphatic heterocycles. The molecule has 20 rings (SSSR count). The topological polar surface area (TPSA) is 9.72 Å². The lowest BCUT2D eigenvalue weighted by molar-refractivity contribution is 0.591. The molecule has 18 aromatic carbocycles. The van der Waals surface area contributed by atoms with E-state index < -0.39 is 0 Å². The van der Waals surface area contributed by atoms with Crippen molar-refractivity contribution >= 4 is 107 Å². The van der Waals surface area contributed by atoms with Crippen molar-refractivity contribution in [2.75, 3.05) is 14.7 Å². The molecule has 0 unspecified atom stereocenters. The Morgan fingerprint density at radius 1 is 0.231 bits per heavy atom. The SMILES string of the molecule is CC(C)(C)c1cc2ccc3cc(-c4ccc5c(c4)N(c4c(-c6ccccc6)cccc4-c4ccccc4)c4cc(N(c6ccc(-c7ccccc7)cc6)c6ccc(-c7ccccc7)cc6)cc6c4B5c4cc(-c5ccccc5)ccc4N6c4c(-c5ccccc5)cccc4-c4ccccc4)cc4ccc(c1)c2c34. The summed E-state index contributed by atoms with van der Waals surface area (Å²) in [6.07, 6.45) is 0. The molecular weight excluding hydrogens is 1300 g/mol. The fraction of sp³-hybridized carbons (Fsp3) is 0.0385. The monoisotopic (exact) mass is 1380 g/mol. The minimum absolute atomic E-state index is 0.0115.